The molecule has 0 saturated carbocycles. The number of rotatable bonds is 5. The van der Waals surface area contributed by atoms with Gasteiger partial charge < -0.3 is 15.5 Å². The molecule has 110 valence electrons. The Morgan fingerprint density at radius 3 is 2.70 bits per heavy atom. The molecule has 1 aliphatic rings. The van der Waals surface area contributed by atoms with Crippen molar-refractivity contribution in [3.8, 4) is 0 Å². The highest BCUT2D eigenvalue weighted by atomic mass is 16.1. The molecule has 2 N–H and O–H groups in total. The smallest absolute Gasteiger partial charge is 0.271 e. The van der Waals surface area contributed by atoms with Gasteiger partial charge in [-0.1, -0.05) is 0 Å². The summed E-state index contributed by atoms with van der Waals surface area (Å²) < 4.78 is 0. The van der Waals surface area contributed by atoms with Crippen LogP contribution in [0.1, 0.15) is 29.8 Å². The number of piperidine rings is 1. The molecule has 1 aromatic heterocycles. The average molecular weight is 277 g/mol. The lowest BCUT2D eigenvalue weighted by Crippen LogP contribution is -2.30. The second-order valence-corrected chi connectivity index (χ2v) is 5.35. The number of nitrogens with one attached hydrogen (secondary N) is 2. The Balaban J connectivity index is 1.73. The summed E-state index contributed by atoms with van der Waals surface area (Å²) in [7, 11) is 3.76. The molecule has 6 heteroatoms. The predicted molar refractivity (Wildman–Crippen MR) is 78.7 cm³/mol. The predicted octanol–water partition coefficient (Wildman–Crippen LogP) is 0.980. The highest BCUT2D eigenvalue weighted by Crippen LogP contribution is 2.19. The van der Waals surface area contributed by atoms with E-state index < -0.39 is 0 Å². The summed E-state index contributed by atoms with van der Waals surface area (Å²) in [6, 6.07) is 3.48. The Bertz CT molecular complexity index is 426. The Labute approximate surface area is 120 Å². The highest BCUT2D eigenvalue weighted by Gasteiger charge is 2.16. The molecule has 2 rings (SSSR count). The Morgan fingerprint density at radius 2 is 2.10 bits per heavy atom. The van der Waals surface area contributed by atoms with E-state index in [1.165, 1.54) is 25.9 Å². The van der Waals surface area contributed by atoms with E-state index in [-0.39, 0.29) is 5.91 Å². The first-order valence-electron chi connectivity index (χ1n) is 7.17. The number of anilines is 1. The van der Waals surface area contributed by atoms with Crippen LogP contribution >= 0.6 is 0 Å². The maximum atomic E-state index is 11.3. The third-order valence-corrected chi connectivity index (χ3v) is 3.82. The zero-order valence-electron chi connectivity index (χ0n) is 12.2. The van der Waals surface area contributed by atoms with E-state index in [1.807, 2.05) is 0 Å². The molecule has 0 aromatic carbocycles. The van der Waals surface area contributed by atoms with Crippen molar-refractivity contribution in [2.24, 2.45) is 5.92 Å². The van der Waals surface area contributed by atoms with Crippen molar-refractivity contribution in [1.29, 1.82) is 0 Å². The second-order valence-electron chi connectivity index (χ2n) is 5.35. The summed E-state index contributed by atoms with van der Waals surface area (Å²) >= 11 is 0. The van der Waals surface area contributed by atoms with Crippen molar-refractivity contribution in [3.63, 3.8) is 0 Å². The lowest BCUT2D eigenvalue weighted by molar-refractivity contribution is 0.0957. The molecule has 1 saturated heterocycles. The van der Waals surface area contributed by atoms with Gasteiger partial charge in [-0.2, -0.15) is 0 Å². The van der Waals surface area contributed by atoms with Crippen LogP contribution in [0.25, 0.3) is 0 Å². The van der Waals surface area contributed by atoms with E-state index in [2.05, 4.69) is 32.8 Å². The molecule has 6 nitrogen and oxygen atoms in total. The summed E-state index contributed by atoms with van der Waals surface area (Å²) in [6.07, 6.45) is 3.71. The molecule has 0 atom stereocenters. The van der Waals surface area contributed by atoms with Crippen LogP contribution in [0.15, 0.2) is 12.1 Å². The molecule has 0 bridgehead atoms. The minimum absolute atomic E-state index is 0.213. The molecule has 0 aliphatic carbocycles. The number of hydrogen-bond acceptors (Lipinski definition) is 5. The second kappa shape index (κ2) is 7.19. The minimum atomic E-state index is -0.213. The molecule has 20 heavy (non-hydrogen) atoms. The molecule has 1 aliphatic heterocycles. The number of amides is 1. The van der Waals surface area contributed by atoms with Crippen molar-refractivity contribution in [2.75, 3.05) is 39.0 Å². The van der Waals surface area contributed by atoms with E-state index >= 15 is 0 Å². The zero-order chi connectivity index (χ0) is 14.4. The molecule has 2 heterocycles. The number of aromatic nitrogens is 2. The minimum Gasteiger partial charge on any atom is -0.369 e. The van der Waals surface area contributed by atoms with Crippen molar-refractivity contribution in [2.45, 2.75) is 19.3 Å². The quantitative estimate of drug-likeness (QED) is 0.839. The van der Waals surface area contributed by atoms with Gasteiger partial charge in [0, 0.05) is 13.6 Å². The van der Waals surface area contributed by atoms with Gasteiger partial charge >= 0.3 is 0 Å². The number of nitrogens with zero attached hydrogens (tertiary/aromatic N) is 3. The largest absolute Gasteiger partial charge is 0.369 e. The first-order chi connectivity index (χ1) is 9.69. The van der Waals surface area contributed by atoms with Gasteiger partial charge in [-0.15, -0.1) is 10.2 Å². The van der Waals surface area contributed by atoms with Gasteiger partial charge in [0.15, 0.2) is 5.69 Å². The van der Waals surface area contributed by atoms with E-state index in [9.17, 15) is 4.79 Å². The number of carbonyl (C=O) groups is 1. The lowest BCUT2D eigenvalue weighted by Gasteiger charge is -2.28. The summed E-state index contributed by atoms with van der Waals surface area (Å²) in [6.45, 7) is 3.30. The van der Waals surface area contributed by atoms with E-state index in [4.69, 9.17) is 0 Å². The van der Waals surface area contributed by atoms with Gasteiger partial charge in [0.25, 0.3) is 5.91 Å². The summed E-state index contributed by atoms with van der Waals surface area (Å²) in [5.41, 5.74) is 0.341. The van der Waals surface area contributed by atoms with Gasteiger partial charge in [-0.05, 0) is 57.5 Å². The fraction of sp³-hybridized carbons (Fsp3) is 0.643. The molecule has 1 fully saturated rings. The molecular weight excluding hydrogens is 254 g/mol. The van der Waals surface area contributed by atoms with Crippen LogP contribution in [0.4, 0.5) is 5.82 Å². The van der Waals surface area contributed by atoms with Crippen molar-refractivity contribution in [3.05, 3.63) is 17.8 Å². The average Bonchev–Trinajstić information content (AvgIpc) is 2.49. The maximum absolute atomic E-state index is 11.3. The molecule has 0 radical (unpaired) electrons. The van der Waals surface area contributed by atoms with Crippen molar-refractivity contribution in [1.82, 2.24) is 20.4 Å². The van der Waals surface area contributed by atoms with Gasteiger partial charge in [-0.3, -0.25) is 4.79 Å². The monoisotopic (exact) mass is 277 g/mol. The zero-order valence-corrected chi connectivity index (χ0v) is 12.2. The van der Waals surface area contributed by atoms with Crippen LogP contribution in [0.5, 0.6) is 0 Å². The Morgan fingerprint density at radius 1 is 1.35 bits per heavy atom. The molecular formula is C14H23N5O. The Hall–Kier alpha value is -1.69. The van der Waals surface area contributed by atoms with Crippen molar-refractivity contribution >= 4 is 11.7 Å². The van der Waals surface area contributed by atoms with Crippen LogP contribution in [0.3, 0.4) is 0 Å². The first-order valence-corrected chi connectivity index (χ1v) is 7.17. The molecule has 1 amide bonds. The van der Waals surface area contributed by atoms with Crippen LogP contribution in [-0.4, -0.2) is 54.7 Å². The highest BCUT2D eigenvalue weighted by molar-refractivity contribution is 5.91. The first kappa shape index (κ1) is 14.7. The van der Waals surface area contributed by atoms with Crippen LogP contribution in [-0.2, 0) is 0 Å². The van der Waals surface area contributed by atoms with Gasteiger partial charge in [0.2, 0.25) is 0 Å². The van der Waals surface area contributed by atoms with E-state index in [0.717, 1.165) is 24.7 Å². The van der Waals surface area contributed by atoms with Crippen molar-refractivity contribution < 1.29 is 4.79 Å². The number of likely N-dealkylation sites (tertiary alicyclic amines) is 1. The van der Waals surface area contributed by atoms with Crippen LogP contribution < -0.4 is 10.6 Å². The summed E-state index contributed by atoms with van der Waals surface area (Å²) in [4.78, 5) is 13.7. The Kier molecular flexibility index (Phi) is 5.29. The summed E-state index contributed by atoms with van der Waals surface area (Å²) in [5.74, 6) is 1.32. The molecule has 0 spiro atoms. The number of carbonyl (C=O) groups excluding carboxylic acids is 1. The van der Waals surface area contributed by atoms with Crippen LogP contribution in [0.2, 0.25) is 0 Å². The SMILES string of the molecule is CNC(=O)c1ccc(NCCC2CCN(C)CC2)nn1. The number of hydrogen-bond donors (Lipinski definition) is 2. The standard InChI is InChI=1S/C14H23N5O/c1-15-14(20)12-3-4-13(18-17-12)16-8-5-11-6-9-19(2)10-7-11/h3-4,11H,5-10H2,1-2H3,(H,15,20)(H,16,18). The third-order valence-electron chi connectivity index (χ3n) is 3.82. The lowest BCUT2D eigenvalue weighted by atomic mass is 9.94. The topological polar surface area (TPSA) is 70.2 Å². The van der Waals surface area contributed by atoms with E-state index in [0.29, 0.717) is 5.69 Å². The normalized spacial score (nSPS) is 16.9. The molecule has 1 aromatic rings. The third kappa shape index (κ3) is 4.16. The fourth-order valence-electron chi connectivity index (χ4n) is 2.43. The van der Waals surface area contributed by atoms with E-state index in [1.54, 1.807) is 19.2 Å². The maximum Gasteiger partial charge on any atom is 0.271 e. The van der Waals surface area contributed by atoms with Gasteiger partial charge in [-0.25, -0.2) is 0 Å². The molecule has 0 unspecified atom stereocenters. The van der Waals surface area contributed by atoms with Gasteiger partial charge in [0.1, 0.15) is 5.82 Å². The summed E-state index contributed by atoms with van der Waals surface area (Å²) in [5, 5.41) is 13.7. The fourth-order valence-corrected chi connectivity index (χ4v) is 2.43. The van der Waals surface area contributed by atoms with Crippen LogP contribution in [0, 0.1) is 5.92 Å². The van der Waals surface area contributed by atoms with Gasteiger partial charge in [0.05, 0.1) is 0 Å².